The van der Waals surface area contributed by atoms with Gasteiger partial charge in [0.2, 0.25) is 5.91 Å². The number of carboxylic acid groups (broad SMARTS) is 1. The number of para-hydroxylation sites is 1. The van der Waals surface area contributed by atoms with Gasteiger partial charge in [0.25, 0.3) is 0 Å². The Balaban J connectivity index is 1.79. The highest BCUT2D eigenvalue weighted by Crippen LogP contribution is 2.25. The van der Waals surface area contributed by atoms with Gasteiger partial charge >= 0.3 is 5.97 Å². The first kappa shape index (κ1) is 15.6. The minimum absolute atomic E-state index is 0.226. The van der Waals surface area contributed by atoms with Crippen molar-refractivity contribution in [2.24, 2.45) is 0 Å². The zero-order valence-corrected chi connectivity index (χ0v) is 12.3. The van der Waals surface area contributed by atoms with Crippen LogP contribution in [0.25, 0.3) is 0 Å². The molecule has 0 saturated carbocycles. The lowest BCUT2D eigenvalue weighted by atomic mass is 10.2. The van der Waals surface area contributed by atoms with E-state index in [1.54, 1.807) is 0 Å². The summed E-state index contributed by atoms with van der Waals surface area (Å²) in [4.78, 5) is 26.1. The molecule has 1 aromatic rings. The van der Waals surface area contributed by atoms with Gasteiger partial charge in [-0.2, -0.15) is 0 Å². The molecule has 0 aromatic heterocycles. The molecule has 2 rings (SSSR count). The standard InChI is InChI=1S/C14H18ClN3O3/c15-11-3-1-2-4-12(11)18-7-5-17(6-8-18)10-13(19)16-9-14(20)21/h1-4H,5-10H2,(H,16,19)(H,20,21). The number of hydrogen-bond acceptors (Lipinski definition) is 4. The van der Waals surface area contributed by atoms with Gasteiger partial charge in [-0.05, 0) is 12.1 Å². The van der Waals surface area contributed by atoms with Crippen LogP contribution in [0, 0.1) is 0 Å². The minimum Gasteiger partial charge on any atom is -0.480 e. The lowest BCUT2D eigenvalue weighted by Crippen LogP contribution is -2.50. The molecular formula is C14H18ClN3O3. The summed E-state index contributed by atoms with van der Waals surface area (Å²) in [6.07, 6.45) is 0. The second-order valence-electron chi connectivity index (χ2n) is 4.89. The van der Waals surface area contributed by atoms with Gasteiger partial charge in [0.15, 0.2) is 0 Å². The van der Waals surface area contributed by atoms with E-state index in [1.807, 2.05) is 29.2 Å². The number of nitrogens with one attached hydrogen (secondary N) is 1. The molecule has 1 aliphatic heterocycles. The van der Waals surface area contributed by atoms with Gasteiger partial charge in [-0.3, -0.25) is 14.5 Å². The number of nitrogens with zero attached hydrogens (tertiary/aromatic N) is 2. The summed E-state index contributed by atoms with van der Waals surface area (Å²) in [5.74, 6) is -1.30. The van der Waals surface area contributed by atoms with Crippen molar-refractivity contribution in [1.82, 2.24) is 10.2 Å². The zero-order chi connectivity index (χ0) is 15.2. The number of amides is 1. The number of piperazine rings is 1. The van der Waals surface area contributed by atoms with E-state index in [9.17, 15) is 9.59 Å². The van der Waals surface area contributed by atoms with Crippen molar-refractivity contribution in [2.45, 2.75) is 0 Å². The van der Waals surface area contributed by atoms with Crippen LogP contribution in [0.15, 0.2) is 24.3 Å². The molecule has 1 aromatic carbocycles. The molecule has 7 heteroatoms. The maximum Gasteiger partial charge on any atom is 0.322 e. The van der Waals surface area contributed by atoms with Crippen molar-refractivity contribution in [2.75, 3.05) is 44.2 Å². The largest absolute Gasteiger partial charge is 0.480 e. The van der Waals surface area contributed by atoms with Crippen LogP contribution in [0.4, 0.5) is 5.69 Å². The summed E-state index contributed by atoms with van der Waals surface area (Å²) in [7, 11) is 0. The van der Waals surface area contributed by atoms with E-state index < -0.39 is 5.97 Å². The molecule has 1 aliphatic rings. The second-order valence-corrected chi connectivity index (χ2v) is 5.29. The Morgan fingerprint density at radius 2 is 1.86 bits per heavy atom. The van der Waals surface area contributed by atoms with Gasteiger partial charge in [0, 0.05) is 26.2 Å². The summed E-state index contributed by atoms with van der Waals surface area (Å²) < 4.78 is 0. The fraction of sp³-hybridized carbons (Fsp3) is 0.429. The average Bonchev–Trinajstić information content (AvgIpc) is 2.47. The molecule has 2 N–H and O–H groups in total. The SMILES string of the molecule is O=C(O)CNC(=O)CN1CCN(c2ccccc2Cl)CC1. The maximum absolute atomic E-state index is 11.6. The smallest absolute Gasteiger partial charge is 0.322 e. The van der Waals surface area contributed by atoms with Crippen LogP contribution in [-0.2, 0) is 9.59 Å². The van der Waals surface area contributed by atoms with Gasteiger partial charge in [0.1, 0.15) is 6.54 Å². The van der Waals surface area contributed by atoms with E-state index in [-0.39, 0.29) is 19.0 Å². The number of benzene rings is 1. The van der Waals surface area contributed by atoms with Crippen LogP contribution in [-0.4, -0.2) is 61.2 Å². The monoisotopic (exact) mass is 311 g/mol. The van der Waals surface area contributed by atoms with Crippen molar-refractivity contribution < 1.29 is 14.7 Å². The molecule has 1 saturated heterocycles. The molecule has 0 radical (unpaired) electrons. The summed E-state index contributed by atoms with van der Waals surface area (Å²) in [6.45, 7) is 2.95. The summed E-state index contributed by atoms with van der Waals surface area (Å²) in [5, 5.41) is 11.6. The number of aliphatic carboxylic acids is 1. The highest BCUT2D eigenvalue weighted by Gasteiger charge is 2.20. The van der Waals surface area contributed by atoms with Gasteiger partial charge in [0.05, 0.1) is 17.3 Å². The molecule has 1 amide bonds. The Bertz CT molecular complexity index is 516. The molecule has 6 nitrogen and oxygen atoms in total. The Hall–Kier alpha value is -1.79. The van der Waals surface area contributed by atoms with Gasteiger partial charge < -0.3 is 15.3 Å². The second kappa shape index (κ2) is 7.28. The van der Waals surface area contributed by atoms with Gasteiger partial charge in [-0.15, -0.1) is 0 Å². The van der Waals surface area contributed by atoms with Gasteiger partial charge in [-0.1, -0.05) is 23.7 Å². The third kappa shape index (κ3) is 4.61. The topological polar surface area (TPSA) is 72.9 Å². The van der Waals surface area contributed by atoms with Crippen molar-refractivity contribution in [3.8, 4) is 0 Å². The van der Waals surface area contributed by atoms with Crippen molar-refractivity contribution >= 4 is 29.2 Å². The number of rotatable bonds is 5. The number of hydrogen-bond donors (Lipinski definition) is 2. The van der Waals surface area contributed by atoms with Crippen molar-refractivity contribution in [3.63, 3.8) is 0 Å². The average molecular weight is 312 g/mol. The molecule has 0 atom stereocenters. The maximum atomic E-state index is 11.6. The number of carboxylic acids is 1. The van der Waals surface area contributed by atoms with E-state index in [4.69, 9.17) is 16.7 Å². The lowest BCUT2D eigenvalue weighted by molar-refractivity contribution is -0.138. The normalized spacial score (nSPS) is 15.8. The number of halogens is 1. The van der Waals surface area contributed by atoms with E-state index in [1.165, 1.54) is 0 Å². The molecule has 1 heterocycles. The Labute approximate surface area is 128 Å². The highest BCUT2D eigenvalue weighted by atomic mass is 35.5. The number of anilines is 1. The first-order chi connectivity index (χ1) is 10.1. The predicted octanol–water partition coefficient (Wildman–Crippen LogP) is 0.663. The van der Waals surface area contributed by atoms with E-state index in [0.717, 1.165) is 36.9 Å². The number of carbonyl (C=O) groups is 2. The Kier molecular flexibility index (Phi) is 5.41. The van der Waals surface area contributed by atoms with Crippen molar-refractivity contribution in [1.29, 1.82) is 0 Å². The zero-order valence-electron chi connectivity index (χ0n) is 11.6. The van der Waals surface area contributed by atoms with Crippen LogP contribution in [0.1, 0.15) is 0 Å². The van der Waals surface area contributed by atoms with Crippen LogP contribution >= 0.6 is 11.6 Å². The molecule has 0 bridgehead atoms. The minimum atomic E-state index is -1.04. The molecule has 0 spiro atoms. The Morgan fingerprint density at radius 1 is 1.19 bits per heavy atom. The van der Waals surface area contributed by atoms with E-state index in [0.29, 0.717) is 0 Å². The van der Waals surface area contributed by atoms with Crippen LogP contribution in [0.5, 0.6) is 0 Å². The predicted molar refractivity (Wildman–Crippen MR) is 80.8 cm³/mol. The van der Waals surface area contributed by atoms with E-state index >= 15 is 0 Å². The third-order valence-electron chi connectivity index (χ3n) is 3.37. The molecule has 114 valence electrons. The van der Waals surface area contributed by atoms with Crippen LogP contribution in [0.3, 0.4) is 0 Å². The third-order valence-corrected chi connectivity index (χ3v) is 3.69. The summed E-state index contributed by atoms with van der Waals surface area (Å²) in [6, 6.07) is 7.70. The molecule has 1 fully saturated rings. The van der Waals surface area contributed by atoms with Crippen LogP contribution < -0.4 is 10.2 Å². The highest BCUT2D eigenvalue weighted by molar-refractivity contribution is 6.33. The summed E-state index contributed by atoms with van der Waals surface area (Å²) >= 11 is 6.17. The van der Waals surface area contributed by atoms with Crippen LogP contribution in [0.2, 0.25) is 5.02 Å². The van der Waals surface area contributed by atoms with Crippen molar-refractivity contribution in [3.05, 3.63) is 29.3 Å². The first-order valence-electron chi connectivity index (χ1n) is 6.76. The fourth-order valence-corrected chi connectivity index (χ4v) is 2.54. The first-order valence-corrected chi connectivity index (χ1v) is 7.14. The molecule has 0 aliphatic carbocycles. The summed E-state index contributed by atoms with van der Waals surface area (Å²) in [5.41, 5.74) is 1.01. The Morgan fingerprint density at radius 3 is 2.48 bits per heavy atom. The molecular weight excluding hydrogens is 294 g/mol. The lowest BCUT2D eigenvalue weighted by Gasteiger charge is -2.36. The molecule has 0 unspecified atom stereocenters. The van der Waals surface area contributed by atoms with E-state index in [2.05, 4.69) is 10.2 Å². The fourth-order valence-electron chi connectivity index (χ4n) is 2.29. The van der Waals surface area contributed by atoms with Gasteiger partial charge in [-0.25, -0.2) is 0 Å². The quantitative estimate of drug-likeness (QED) is 0.836. The molecule has 21 heavy (non-hydrogen) atoms. The number of carbonyl (C=O) groups excluding carboxylic acids is 1.